The largest absolute Gasteiger partial charge is 0.382 e. The van der Waals surface area contributed by atoms with Crippen molar-refractivity contribution in [1.29, 1.82) is 0 Å². The first-order valence-corrected chi connectivity index (χ1v) is 5.23. The Kier molecular flexibility index (Phi) is 4.44. The molecule has 1 aromatic rings. The van der Waals surface area contributed by atoms with Gasteiger partial charge < -0.3 is 16.5 Å². The Hall–Kier alpha value is -2.35. The van der Waals surface area contributed by atoms with E-state index in [4.69, 9.17) is 11.6 Å². The van der Waals surface area contributed by atoms with Gasteiger partial charge in [0.1, 0.15) is 0 Å². The van der Waals surface area contributed by atoms with Crippen LogP contribution in [0, 0.1) is 10.1 Å². The maximum absolute atomic E-state index is 10.7. The molecule has 1 aromatic carbocycles. The number of nitrogens with one attached hydrogen (secondary N) is 2. The first-order chi connectivity index (χ1) is 8.42. The number of hydrogen-bond donors (Lipinski definition) is 4. The maximum atomic E-state index is 10.7. The molecule has 0 fully saturated rings. The number of amides is 1. The zero-order chi connectivity index (χ0) is 13.7. The first-order valence-electron chi connectivity index (χ1n) is 5.23. The molecule has 0 aliphatic heterocycles. The molecule has 0 aliphatic carbocycles. The van der Waals surface area contributed by atoms with Gasteiger partial charge in [-0.3, -0.25) is 20.8 Å². The lowest BCUT2D eigenvalue weighted by molar-refractivity contribution is -0.384. The summed E-state index contributed by atoms with van der Waals surface area (Å²) in [7, 11) is 0. The van der Waals surface area contributed by atoms with Gasteiger partial charge in [-0.1, -0.05) is 0 Å². The highest BCUT2D eigenvalue weighted by atomic mass is 16.6. The number of anilines is 2. The first kappa shape index (κ1) is 13.7. The van der Waals surface area contributed by atoms with E-state index < -0.39 is 10.8 Å². The molecule has 1 atom stereocenters. The molecule has 1 rings (SSSR count). The summed E-state index contributed by atoms with van der Waals surface area (Å²) in [5, 5.41) is 13.7. The van der Waals surface area contributed by atoms with Gasteiger partial charge >= 0.3 is 0 Å². The predicted octanol–water partition coefficient (Wildman–Crippen LogP) is 0.556. The molecule has 0 saturated carbocycles. The number of rotatable bonds is 6. The summed E-state index contributed by atoms with van der Waals surface area (Å²) in [5.41, 5.74) is 8.20. The number of benzene rings is 1. The number of non-ortho nitro benzene ring substituents is 1. The summed E-state index contributed by atoms with van der Waals surface area (Å²) >= 11 is 0. The lowest BCUT2D eigenvalue weighted by Crippen LogP contribution is -2.24. The van der Waals surface area contributed by atoms with Gasteiger partial charge in [0.15, 0.2) is 0 Å². The summed E-state index contributed by atoms with van der Waals surface area (Å²) in [5.74, 6) is 4.78. The smallest absolute Gasteiger partial charge is 0.273 e. The van der Waals surface area contributed by atoms with Gasteiger partial charge in [0, 0.05) is 30.3 Å². The fourth-order valence-electron chi connectivity index (χ4n) is 1.52. The summed E-state index contributed by atoms with van der Waals surface area (Å²) in [6, 6.07) is 4.04. The molecule has 0 saturated heterocycles. The Balaban J connectivity index is 2.90. The second-order valence-electron chi connectivity index (χ2n) is 3.89. The number of hydrogen-bond acceptors (Lipinski definition) is 6. The Bertz CT molecular complexity index is 463. The molecule has 18 heavy (non-hydrogen) atoms. The summed E-state index contributed by atoms with van der Waals surface area (Å²) in [4.78, 5) is 20.9. The average Bonchev–Trinajstić information content (AvgIpc) is 2.27. The Morgan fingerprint density at radius 2 is 2.06 bits per heavy atom. The standard InChI is InChI=1S/C10H15N5O3/c1-6(2-10(11)16)13-7-3-8(14-12)5-9(4-7)15(17)18/h3-6,13-14H,2,12H2,1H3,(H2,11,16). The van der Waals surface area contributed by atoms with Crippen molar-refractivity contribution in [2.45, 2.75) is 19.4 Å². The highest BCUT2D eigenvalue weighted by molar-refractivity contribution is 5.75. The molecule has 8 heteroatoms. The number of nitro benzene ring substituents is 1. The molecule has 8 nitrogen and oxygen atoms in total. The molecule has 6 N–H and O–H groups in total. The normalized spacial score (nSPS) is 11.7. The number of hydrazine groups is 1. The van der Waals surface area contributed by atoms with Crippen LogP contribution in [0.1, 0.15) is 13.3 Å². The minimum Gasteiger partial charge on any atom is -0.382 e. The van der Waals surface area contributed by atoms with Gasteiger partial charge in [-0.2, -0.15) is 0 Å². The van der Waals surface area contributed by atoms with E-state index in [9.17, 15) is 14.9 Å². The molecule has 0 aromatic heterocycles. The van der Waals surface area contributed by atoms with Gasteiger partial charge in [-0.25, -0.2) is 0 Å². The van der Waals surface area contributed by atoms with E-state index in [1.54, 1.807) is 13.0 Å². The van der Waals surface area contributed by atoms with E-state index in [2.05, 4.69) is 10.7 Å². The van der Waals surface area contributed by atoms with Crippen molar-refractivity contribution < 1.29 is 9.72 Å². The minimum atomic E-state index is -0.523. The highest BCUT2D eigenvalue weighted by Crippen LogP contribution is 2.24. The predicted molar refractivity (Wildman–Crippen MR) is 67.8 cm³/mol. The van der Waals surface area contributed by atoms with Crippen LogP contribution < -0.4 is 22.3 Å². The van der Waals surface area contributed by atoms with E-state index in [1.165, 1.54) is 12.1 Å². The number of nitrogens with zero attached hydrogens (tertiary/aromatic N) is 1. The lowest BCUT2D eigenvalue weighted by atomic mass is 10.2. The van der Waals surface area contributed by atoms with Crippen molar-refractivity contribution in [3.05, 3.63) is 28.3 Å². The van der Waals surface area contributed by atoms with E-state index >= 15 is 0 Å². The van der Waals surface area contributed by atoms with Crippen LogP contribution in [0.2, 0.25) is 0 Å². The lowest BCUT2D eigenvalue weighted by Gasteiger charge is -2.14. The van der Waals surface area contributed by atoms with E-state index in [1.807, 2.05) is 0 Å². The second kappa shape index (κ2) is 5.82. The molecular formula is C10H15N5O3. The third kappa shape index (κ3) is 3.91. The fourth-order valence-corrected chi connectivity index (χ4v) is 1.52. The van der Waals surface area contributed by atoms with Crippen molar-refractivity contribution in [3.63, 3.8) is 0 Å². The number of carbonyl (C=O) groups is 1. The van der Waals surface area contributed by atoms with Crippen LogP contribution in [0.3, 0.4) is 0 Å². The SMILES string of the molecule is CC(CC(N)=O)Nc1cc(NN)cc([N+](=O)[O-])c1. The van der Waals surface area contributed by atoms with Gasteiger partial charge in [-0.15, -0.1) is 0 Å². The molecule has 98 valence electrons. The highest BCUT2D eigenvalue weighted by Gasteiger charge is 2.12. The van der Waals surface area contributed by atoms with Crippen LogP contribution >= 0.6 is 0 Å². The number of nitrogen functional groups attached to an aromatic ring is 1. The molecule has 0 heterocycles. The van der Waals surface area contributed by atoms with Gasteiger partial charge in [-0.05, 0) is 13.0 Å². The third-order valence-corrected chi connectivity index (χ3v) is 2.22. The maximum Gasteiger partial charge on any atom is 0.273 e. The number of primary amides is 1. The van der Waals surface area contributed by atoms with Gasteiger partial charge in [0.25, 0.3) is 5.69 Å². The van der Waals surface area contributed by atoms with Gasteiger partial charge in [0.05, 0.1) is 10.6 Å². The molecule has 1 amide bonds. The van der Waals surface area contributed by atoms with E-state index in [-0.39, 0.29) is 18.2 Å². The van der Waals surface area contributed by atoms with E-state index in [0.717, 1.165) is 0 Å². The van der Waals surface area contributed by atoms with E-state index in [0.29, 0.717) is 11.4 Å². The minimum absolute atomic E-state index is 0.0979. The van der Waals surface area contributed by atoms with Gasteiger partial charge in [0.2, 0.25) is 5.91 Å². The van der Waals surface area contributed by atoms with Crippen LogP contribution in [-0.2, 0) is 4.79 Å². The molecular weight excluding hydrogens is 238 g/mol. The Morgan fingerprint density at radius 1 is 1.44 bits per heavy atom. The number of nitrogens with two attached hydrogens (primary N) is 2. The summed E-state index contributed by atoms with van der Waals surface area (Å²) < 4.78 is 0. The monoisotopic (exact) mass is 253 g/mol. The quantitative estimate of drug-likeness (QED) is 0.332. The molecule has 0 bridgehead atoms. The van der Waals surface area contributed by atoms with Crippen LogP contribution in [0.5, 0.6) is 0 Å². The summed E-state index contributed by atoms with van der Waals surface area (Å²) in [6.07, 6.45) is 0.133. The second-order valence-corrected chi connectivity index (χ2v) is 3.89. The summed E-state index contributed by atoms with van der Waals surface area (Å²) in [6.45, 7) is 1.75. The average molecular weight is 253 g/mol. The molecule has 1 unspecified atom stereocenters. The number of carbonyl (C=O) groups excluding carboxylic acids is 1. The van der Waals surface area contributed by atoms with Crippen molar-refractivity contribution in [3.8, 4) is 0 Å². The zero-order valence-electron chi connectivity index (χ0n) is 9.84. The Labute approximate surface area is 103 Å². The van der Waals surface area contributed by atoms with Crippen LogP contribution in [-0.4, -0.2) is 16.9 Å². The molecule has 0 spiro atoms. The van der Waals surface area contributed by atoms with Crippen molar-refractivity contribution in [2.75, 3.05) is 10.7 Å². The Morgan fingerprint density at radius 3 is 2.56 bits per heavy atom. The van der Waals surface area contributed by atoms with Crippen LogP contribution in [0.15, 0.2) is 18.2 Å². The number of nitro groups is 1. The van der Waals surface area contributed by atoms with Crippen molar-refractivity contribution >= 4 is 23.0 Å². The van der Waals surface area contributed by atoms with Crippen LogP contribution in [0.4, 0.5) is 17.1 Å². The fraction of sp³-hybridized carbons (Fsp3) is 0.300. The third-order valence-electron chi connectivity index (χ3n) is 2.22. The van der Waals surface area contributed by atoms with Crippen molar-refractivity contribution in [1.82, 2.24) is 0 Å². The molecule has 0 aliphatic rings. The van der Waals surface area contributed by atoms with Crippen molar-refractivity contribution in [2.24, 2.45) is 11.6 Å². The topological polar surface area (TPSA) is 136 Å². The van der Waals surface area contributed by atoms with Crippen LogP contribution in [0.25, 0.3) is 0 Å². The zero-order valence-corrected chi connectivity index (χ0v) is 9.84. The molecule has 0 radical (unpaired) electrons.